The van der Waals surface area contributed by atoms with E-state index in [1.807, 2.05) is 0 Å². The molecule has 0 aliphatic carbocycles. The molecule has 0 radical (unpaired) electrons. The number of hydrogen-bond donors (Lipinski definition) is 4. The van der Waals surface area contributed by atoms with Gasteiger partial charge in [-0.3, -0.25) is 5.84 Å². The maximum absolute atomic E-state index is 12.0. The highest BCUT2D eigenvalue weighted by molar-refractivity contribution is 7.89. The van der Waals surface area contributed by atoms with E-state index in [0.29, 0.717) is 0 Å². The third-order valence-corrected chi connectivity index (χ3v) is 3.35. The summed E-state index contributed by atoms with van der Waals surface area (Å²) in [6.45, 7) is -0.0978. The Labute approximate surface area is 102 Å². The lowest BCUT2D eigenvalue weighted by molar-refractivity contribution is 0.576. The first-order chi connectivity index (χ1) is 8.63. The molecule has 0 aliphatic rings. The predicted molar refractivity (Wildman–Crippen MR) is 60.3 cm³/mol. The number of nitrogen functional groups attached to an aromatic ring is 1. The summed E-state index contributed by atoms with van der Waals surface area (Å²) >= 11 is 0. The molecular weight excluding hydrogens is 260 g/mol. The Hall–Kier alpha value is -2.11. The zero-order chi connectivity index (χ0) is 13.0. The lowest BCUT2D eigenvalue weighted by Crippen LogP contribution is -2.26. The molecule has 0 aliphatic heterocycles. The molecule has 18 heavy (non-hydrogen) atoms. The molecule has 0 saturated heterocycles. The Morgan fingerprint density at radius 2 is 2.28 bits per heavy atom. The maximum Gasteiger partial charge on any atom is 0.260 e. The number of sulfonamides is 1. The number of nitrogens with zero attached hydrogens (tertiary/aromatic N) is 4. The number of anilines is 1. The third kappa shape index (κ3) is 2.58. The van der Waals surface area contributed by atoms with Crippen LogP contribution in [0.2, 0.25) is 0 Å². The second kappa shape index (κ2) is 5.03. The molecule has 0 aromatic carbocycles. The molecule has 0 amide bonds. The highest BCUT2D eigenvalue weighted by Crippen LogP contribution is 2.16. The van der Waals surface area contributed by atoms with Crippen LogP contribution in [0.5, 0.6) is 0 Å². The molecule has 0 spiro atoms. The Morgan fingerprint density at radius 3 is 2.94 bits per heavy atom. The first-order valence-electron chi connectivity index (χ1n) is 4.77. The van der Waals surface area contributed by atoms with E-state index >= 15 is 0 Å². The summed E-state index contributed by atoms with van der Waals surface area (Å²) in [6, 6.07) is 3.06. The lowest BCUT2D eigenvalue weighted by atomic mass is 10.4. The van der Waals surface area contributed by atoms with E-state index in [4.69, 9.17) is 5.84 Å². The van der Waals surface area contributed by atoms with Crippen LogP contribution in [0.1, 0.15) is 5.82 Å². The first-order valence-corrected chi connectivity index (χ1v) is 6.25. The van der Waals surface area contributed by atoms with Gasteiger partial charge in [0.05, 0.1) is 12.2 Å². The monoisotopic (exact) mass is 270 g/mol. The zero-order valence-electron chi connectivity index (χ0n) is 9.03. The SMILES string of the molecule is NNc1cccnc1S(=O)(=O)NCc1nn[nH]n1. The molecule has 2 aromatic heterocycles. The summed E-state index contributed by atoms with van der Waals surface area (Å²) in [5.74, 6) is 5.44. The standard InChI is InChI=1S/C7H10N8O2S/c8-11-5-2-1-3-9-7(5)18(16,17)10-4-6-12-14-15-13-6/h1-3,10-11H,4,8H2,(H,12,13,14,15). The van der Waals surface area contributed by atoms with E-state index in [1.165, 1.54) is 12.3 Å². The molecule has 2 heterocycles. The Balaban J connectivity index is 2.20. The molecule has 5 N–H and O–H groups in total. The van der Waals surface area contributed by atoms with Crippen LogP contribution in [0.3, 0.4) is 0 Å². The summed E-state index contributed by atoms with van der Waals surface area (Å²) in [4.78, 5) is 3.76. The van der Waals surface area contributed by atoms with Crippen LogP contribution in [0.15, 0.2) is 23.4 Å². The van der Waals surface area contributed by atoms with Crippen molar-refractivity contribution in [3.05, 3.63) is 24.2 Å². The quantitative estimate of drug-likeness (QED) is 0.373. The summed E-state index contributed by atoms with van der Waals surface area (Å²) in [5, 5.41) is 12.6. The lowest BCUT2D eigenvalue weighted by Gasteiger charge is -2.08. The smallest absolute Gasteiger partial charge is 0.260 e. The van der Waals surface area contributed by atoms with Crippen molar-refractivity contribution in [2.24, 2.45) is 5.84 Å². The minimum atomic E-state index is -3.80. The van der Waals surface area contributed by atoms with E-state index in [1.54, 1.807) is 6.07 Å². The number of hydrogen-bond acceptors (Lipinski definition) is 8. The van der Waals surface area contributed by atoms with Crippen molar-refractivity contribution in [2.45, 2.75) is 11.6 Å². The number of nitrogens with two attached hydrogens (primary N) is 1. The molecule has 10 nitrogen and oxygen atoms in total. The summed E-state index contributed by atoms with van der Waals surface area (Å²) in [7, 11) is -3.80. The molecule has 11 heteroatoms. The highest BCUT2D eigenvalue weighted by Gasteiger charge is 2.20. The van der Waals surface area contributed by atoms with Gasteiger partial charge in [0.15, 0.2) is 10.9 Å². The zero-order valence-corrected chi connectivity index (χ0v) is 9.85. The second-order valence-corrected chi connectivity index (χ2v) is 4.84. The van der Waals surface area contributed by atoms with Gasteiger partial charge in [0.25, 0.3) is 10.0 Å². The molecule has 2 aromatic rings. The fourth-order valence-corrected chi connectivity index (χ4v) is 2.27. The minimum absolute atomic E-state index is 0.0978. The van der Waals surface area contributed by atoms with Crippen molar-refractivity contribution in [3.63, 3.8) is 0 Å². The Kier molecular flexibility index (Phi) is 3.45. The van der Waals surface area contributed by atoms with E-state index in [9.17, 15) is 8.42 Å². The van der Waals surface area contributed by atoms with Crippen molar-refractivity contribution < 1.29 is 8.42 Å². The first kappa shape index (κ1) is 12.3. The summed E-state index contributed by atoms with van der Waals surface area (Å²) in [6.07, 6.45) is 1.35. The van der Waals surface area contributed by atoms with Crippen molar-refractivity contribution in [1.82, 2.24) is 30.3 Å². The van der Waals surface area contributed by atoms with Crippen LogP contribution < -0.4 is 16.0 Å². The number of tetrazole rings is 1. The van der Waals surface area contributed by atoms with Crippen LogP contribution in [-0.2, 0) is 16.6 Å². The topological polar surface area (TPSA) is 152 Å². The highest BCUT2D eigenvalue weighted by atomic mass is 32.2. The molecule has 0 bridgehead atoms. The van der Waals surface area contributed by atoms with Crippen LogP contribution in [0.25, 0.3) is 0 Å². The maximum atomic E-state index is 12.0. The van der Waals surface area contributed by atoms with Crippen LogP contribution >= 0.6 is 0 Å². The average Bonchev–Trinajstić information content (AvgIpc) is 2.89. The Bertz CT molecular complexity index is 610. The molecule has 0 unspecified atom stereocenters. The normalized spacial score (nSPS) is 11.4. The number of pyridine rings is 1. The van der Waals surface area contributed by atoms with E-state index in [0.717, 1.165) is 0 Å². The summed E-state index contributed by atoms with van der Waals surface area (Å²) in [5.41, 5.74) is 2.46. The van der Waals surface area contributed by atoms with E-state index < -0.39 is 10.0 Å². The molecule has 0 fully saturated rings. The van der Waals surface area contributed by atoms with Crippen molar-refractivity contribution in [1.29, 1.82) is 0 Å². The number of rotatable bonds is 5. The average molecular weight is 270 g/mol. The Morgan fingerprint density at radius 1 is 1.44 bits per heavy atom. The van der Waals surface area contributed by atoms with Gasteiger partial charge in [-0.1, -0.05) is 5.21 Å². The minimum Gasteiger partial charge on any atom is -0.321 e. The van der Waals surface area contributed by atoms with Gasteiger partial charge in [0.2, 0.25) is 0 Å². The molecule has 0 saturated carbocycles. The van der Waals surface area contributed by atoms with Gasteiger partial charge < -0.3 is 5.43 Å². The van der Waals surface area contributed by atoms with Gasteiger partial charge in [-0.15, -0.1) is 10.2 Å². The largest absolute Gasteiger partial charge is 0.321 e. The van der Waals surface area contributed by atoms with E-state index in [2.05, 4.69) is 35.8 Å². The van der Waals surface area contributed by atoms with Gasteiger partial charge in [0.1, 0.15) is 0 Å². The predicted octanol–water partition coefficient (Wildman–Crippen LogP) is -1.64. The number of aromatic amines is 1. The van der Waals surface area contributed by atoms with Gasteiger partial charge in [0, 0.05) is 6.20 Å². The van der Waals surface area contributed by atoms with Crippen LogP contribution in [-0.4, -0.2) is 34.0 Å². The van der Waals surface area contributed by atoms with Gasteiger partial charge >= 0.3 is 0 Å². The van der Waals surface area contributed by atoms with E-state index in [-0.39, 0.29) is 23.1 Å². The molecule has 96 valence electrons. The summed E-state index contributed by atoms with van der Waals surface area (Å²) < 4.78 is 26.2. The van der Waals surface area contributed by atoms with Crippen molar-refractivity contribution >= 4 is 15.7 Å². The fraction of sp³-hybridized carbons (Fsp3) is 0.143. The third-order valence-electron chi connectivity index (χ3n) is 1.99. The number of H-pyrrole nitrogens is 1. The second-order valence-electron chi connectivity index (χ2n) is 3.15. The van der Waals surface area contributed by atoms with Crippen molar-refractivity contribution in [2.75, 3.05) is 5.43 Å². The fourth-order valence-electron chi connectivity index (χ4n) is 1.20. The number of aromatic nitrogens is 5. The van der Waals surface area contributed by atoms with Crippen LogP contribution in [0.4, 0.5) is 5.69 Å². The van der Waals surface area contributed by atoms with Gasteiger partial charge in [-0.2, -0.15) is 5.21 Å². The molecule has 2 rings (SSSR count). The van der Waals surface area contributed by atoms with Gasteiger partial charge in [-0.25, -0.2) is 18.1 Å². The van der Waals surface area contributed by atoms with Crippen LogP contribution in [0, 0.1) is 0 Å². The number of hydrazine groups is 1. The molecule has 0 atom stereocenters. The van der Waals surface area contributed by atoms with Gasteiger partial charge in [-0.05, 0) is 12.1 Å². The van der Waals surface area contributed by atoms with Crippen molar-refractivity contribution in [3.8, 4) is 0 Å². The number of nitrogens with one attached hydrogen (secondary N) is 3. The molecular formula is C7H10N8O2S.